The van der Waals surface area contributed by atoms with E-state index in [2.05, 4.69) is 34.7 Å². The molecule has 5 nitrogen and oxygen atoms in total. The van der Waals surface area contributed by atoms with Gasteiger partial charge in [-0.1, -0.05) is 13.0 Å². The largest absolute Gasteiger partial charge is 0.493 e. The monoisotopic (exact) mass is 447 g/mol. The summed E-state index contributed by atoms with van der Waals surface area (Å²) in [6, 6.07) is 6.74. The molecular weight excluding hydrogens is 417 g/mol. The maximum atomic E-state index is 5.62. The Balaban J connectivity index is 0.00000288. The number of aliphatic imine (C=N–C) groups is 1. The van der Waals surface area contributed by atoms with E-state index in [1.54, 1.807) is 7.11 Å². The molecule has 0 bridgehead atoms. The number of nitrogens with zero attached hydrogens (tertiary/aromatic N) is 1. The molecule has 2 atom stereocenters. The van der Waals surface area contributed by atoms with E-state index in [0.717, 1.165) is 42.8 Å². The lowest BCUT2D eigenvalue weighted by molar-refractivity contribution is 0.310. The molecule has 2 N–H and O–H groups in total. The van der Waals surface area contributed by atoms with Crippen LogP contribution in [0.4, 0.5) is 0 Å². The molecule has 0 heterocycles. The fourth-order valence-corrected chi connectivity index (χ4v) is 2.54. The first-order valence-electron chi connectivity index (χ1n) is 8.44. The molecule has 6 heteroatoms. The van der Waals surface area contributed by atoms with Crippen LogP contribution in [-0.4, -0.2) is 39.3 Å². The minimum atomic E-state index is 0. The molecule has 1 aromatic carbocycles. The summed E-state index contributed by atoms with van der Waals surface area (Å²) in [6.45, 7) is 5.78. The van der Waals surface area contributed by atoms with Crippen LogP contribution in [0.2, 0.25) is 0 Å². The Morgan fingerprint density at radius 1 is 1.33 bits per heavy atom. The molecule has 1 aliphatic carbocycles. The second-order valence-electron chi connectivity index (χ2n) is 5.98. The zero-order valence-corrected chi connectivity index (χ0v) is 17.4. The maximum Gasteiger partial charge on any atom is 0.191 e. The van der Waals surface area contributed by atoms with E-state index >= 15 is 0 Å². The van der Waals surface area contributed by atoms with E-state index < -0.39 is 0 Å². The van der Waals surface area contributed by atoms with Crippen molar-refractivity contribution in [3.8, 4) is 11.5 Å². The number of ether oxygens (including phenoxy) is 2. The van der Waals surface area contributed by atoms with Gasteiger partial charge in [-0.2, -0.15) is 0 Å². The highest BCUT2D eigenvalue weighted by atomic mass is 127. The molecule has 0 aliphatic heterocycles. The zero-order valence-electron chi connectivity index (χ0n) is 15.1. The Labute approximate surface area is 162 Å². The van der Waals surface area contributed by atoms with E-state index in [-0.39, 0.29) is 24.0 Å². The standard InChI is InChI=1S/C18H29N3O2.HI/c1-5-23-17-12-14(8-9-16(17)22-4)7-6-10-20-18(19-3)21-15-11-13(15)2;/h8-9,12-13,15H,5-7,10-11H2,1-4H3,(H2,19,20,21);1H. The van der Waals surface area contributed by atoms with Gasteiger partial charge in [-0.3, -0.25) is 4.99 Å². The van der Waals surface area contributed by atoms with E-state index in [0.29, 0.717) is 12.6 Å². The fraction of sp³-hybridized carbons (Fsp3) is 0.611. The molecule has 1 aromatic rings. The Morgan fingerprint density at radius 3 is 2.67 bits per heavy atom. The van der Waals surface area contributed by atoms with Crippen molar-refractivity contribution in [2.24, 2.45) is 10.9 Å². The molecule has 2 rings (SSSR count). The highest BCUT2D eigenvalue weighted by molar-refractivity contribution is 14.0. The third-order valence-electron chi connectivity index (χ3n) is 4.12. The number of benzene rings is 1. The smallest absolute Gasteiger partial charge is 0.191 e. The number of methoxy groups -OCH3 is 1. The molecule has 0 spiro atoms. The SMILES string of the molecule is CCOc1cc(CCCNC(=NC)NC2CC2C)ccc1OC.I. The van der Waals surface area contributed by atoms with E-state index in [4.69, 9.17) is 9.47 Å². The van der Waals surface area contributed by atoms with Crippen molar-refractivity contribution in [2.45, 2.75) is 39.2 Å². The summed E-state index contributed by atoms with van der Waals surface area (Å²) in [5.74, 6) is 3.28. The Morgan fingerprint density at radius 2 is 2.08 bits per heavy atom. The van der Waals surface area contributed by atoms with Gasteiger partial charge in [-0.25, -0.2) is 0 Å². The van der Waals surface area contributed by atoms with E-state index in [1.807, 2.05) is 20.0 Å². The molecule has 24 heavy (non-hydrogen) atoms. The lowest BCUT2D eigenvalue weighted by Gasteiger charge is -2.13. The summed E-state index contributed by atoms with van der Waals surface area (Å²) in [5, 5.41) is 6.81. The van der Waals surface area contributed by atoms with Gasteiger partial charge in [0.25, 0.3) is 0 Å². The van der Waals surface area contributed by atoms with Gasteiger partial charge in [0.1, 0.15) is 0 Å². The lowest BCUT2D eigenvalue weighted by Crippen LogP contribution is -2.39. The third kappa shape index (κ3) is 6.37. The summed E-state index contributed by atoms with van der Waals surface area (Å²) < 4.78 is 10.9. The average Bonchev–Trinajstić information content (AvgIpc) is 3.26. The van der Waals surface area contributed by atoms with Crippen LogP contribution in [0.1, 0.15) is 32.3 Å². The topological polar surface area (TPSA) is 54.9 Å². The number of rotatable bonds is 8. The van der Waals surface area contributed by atoms with Crippen LogP contribution in [-0.2, 0) is 6.42 Å². The van der Waals surface area contributed by atoms with Crippen LogP contribution in [0.3, 0.4) is 0 Å². The van der Waals surface area contributed by atoms with Gasteiger partial charge in [-0.15, -0.1) is 24.0 Å². The summed E-state index contributed by atoms with van der Waals surface area (Å²) in [5.41, 5.74) is 1.26. The quantitative estimate of drug-likeness (QED) is 0.278. The van der Waals surface area contributed by atoms with Crippen LogP contribution >= 0.6 is 24.0 Å². The van der Waals surface area contributed by atoms with Gasteiger partial charge in [0.05, 0.1) is 13.7 Å². The molecule has 0 aromatic heterocycles. The van der Waals surface area contributed by atoms with Gasteiger partial charge in [0.2, 0.25) is 0 Å². The molecule has 1 saturated carbocycles. The van der Waals surface area contributed by atoms with Crippen molar-refractivity contribution in [3.63, 3.8) is 0 Å². The first-order valence-corrected chi connectivity index (χ1v) is 8.44. The predicted octanol–water partition coefficient (Wildman–Crippen LogP) is 3.22. The number of aryl methyl sites for hydroxylation is 1. The Bertz CT molecular complexity index is 537. The molecule has 0 saturated heterocycles. The average molecular weight is 447 g/mol. The maximum absolute atomic E-state index is 5.62. The first kappa shape index (κ1) is 20.9. The zero-order chi connectivity index (χ0) is 16.7. The molecule has 0 radical (unpaired) electrons. The summed E-state index contributed by atoms with van der Waals surface area (Å²) >= 11 is 0. The van der Waals surface area contributed by atoms with Gasteiger partial charge in [0.15, 0.2) is 17.5 Å². The van der Waals surface area contributed by atoms with Crippen LogP contribution < -0.4 is 20.1 Å². The number of nitrogens with one attached hydrogen (secondary N) is 2. The normalized spacial score (nSPS) is 19.2. The molecule has 1 aliphatic rings. The minimum Gasteiger partial charge on any atom is -0.493 e. The molecule has 2 unspecified atom stereocenters. The van der Waals surface area contributed by atoms with Crippen molar-refractivity contribution in [2.75, 3.05) is 27.3 Å². The van der Waals surface area contributed by atoms with Crippen molar-refractivity contribution < 1.29 is 9.47 Å². The highest BCUT2D eigenvalue weighted by Crippen LogP contribution is 2.29. The second-order valence-corrected chi connectivity index (χ2v) is 5.98. The predicted molar refractivity (Wildman–Crippen MR) is 110 cm³/mol. The van der Waals surface area contributed by atoms with Crippen LogP contribution in [0.15, 0.2) is 23.2 Å². The first-order chi connectivity index (χ1) is 11.2. The Hall–Kier alpha value is -1.18. The van der Waals surface area contributed by atoms with Crippen LogP contribution in [0.5, 0.6) is 11.5 Å². The van der Waals surface area contributed by atoms with Crippen molar-refractivity contribution in [1.29, 1.82) is 0 Å². The number of hydrogen-bond acceptors (Lipinski definition) is 3. The van der Waals surface area contributed by atoms with Gasteiger partial charge < -0.3 is 20.1 Å². The van der Waals surface area contributed by atoms with Gasteiger partial charge >= 0.3 is 0 Å². The minimum absolute atomic E-state index is 0. The summed E-state index contributed by atoms with van der Waals surface area (Å²) in [6.07, 6.45) is 3.28. The lowest BCUT2D eigenvalue weighted by atomic mass is 10.1. The van der Waals surface area contributed by atoms with E-state index in [9.17, 15) is 0 Å². The molecule has 0 amide bonds. The summed E-state index contributed by atoms with van der Waals surface area (Å²) in [7, 11) is 3.49. The highest BCUT2D eigenvalue weighted by Gasteiger charge is 2.33. The van der Waals surface area contributed by atoms with Crippen molar-refractivity contribution in [3.05, 3.63) is 23.8 Å². The number of guanidine groups is 1. The van der Waals surface area contributed by atoms with Gasteiger partial charge in [-0.05, 0) is 49.8 Å². The van der Waals surface area contributed by atoms with Crippen molar-refractivity contribution >= 4 is 29.9 Å². The molecule has 136 valence electrons. The fourth-order valence-electron chi connectivity index (χ4n) is 2.54. The molecule has 1 fully saturated rings. The van der Waals surface area contributed by atoms with Crippen LogP contribution in [0.25, 0.3) is 0 Å². The van der Waals surface area contributed by atoms with Crippen LogP contribution in [0, 0.1) is 5.92 Å². The van der Waals surface area contributed by atoms with Gasteiger partial charge in [0, 0.05) is 19.6 Å². The van der Waals surface area contributed by atoms with Crippen molar-refractivity contribution in [1.82, 2.24) is 10.6 Å². The number of halogens is 1. The second kappa shape index (κ2) is 10.6. The Kier molecular flexibility index (Phi) is 9.25. The third-order valence-corrected chi connectivity index (χ3v) is 4.12. The van der Waals surface area contributed by atoms with E-state index in [1.165, 1.54) is 12.0 Å². The number of hydrogen-bond donors (Lipinski definition) is 2. The molecular formula is C18H30IN3O2. The summed E-state index contributed by atoms with van der Waals surface area (Å²) in [4.78, 5) is 4.27.